The van der Waals surface area contributed by atoms with Gasteiger partial charge in [-0.1, -0.05) is 31.2 Å². The lowest BCUT2D eigenvalue weighted by Crippen LogP contribution is -2.00. The maximum Gasteiger partial charge on any atom is 0.131 e. The number of nitrogens with zero attached hydrogens (tertiary/aromatic N) is 3. The Balaban J connectivity index is 2.15. The third kappa shape index (κ3) is 2.25. The summed E-state index contributed by atoms with van der Waals surface area (Å²) in [6.07, 6.45) is 0.756. The fraction of sp³-hybridized carbons (Fsp3) is 0.133. The molecule has 0 aliphatic rings. The molecule has 0 spiro atoms. The molecule has 2 heterocycles. The van der Waals surface area contributed by atoms with Gasteiger partial charge in [-0.05, 0) is 12.1 Å². The van der Waals surface area contributed by atoms with Crippen molar-refractivity contribution in [1.29, 1.82) is 0 Å². The Bertz CT molecular complexity index is 737. The number of aromatic nitrogens is 3. The van der Waals surface area contributed by atoms with Gasteiger partial charge < -0.3 is 5.73 Å². The van der Waals surface area contributed by atoms with Crippen LogP contribution < -0.4 is 5.73 Å². The summed E-state index contributed by atoms with van der Waals surface area (Å²) in [6, 6.07) is 13.8. The fourth-order valence-electron chi connectivity index (χ4n) is 2.02. The van der Waals surface area contributed by atoms with Crippen LogP contribution in [0.1, 0.15) is 12.7 Å². The summed E-state index contributed by atoms with van der Waals surface area (Å²) in [5.74, 6) is 1.22. The second kappa shape index (κ2) is 4.65. The summed E-state index contributed by atoms with van der Waals surface area (Å²) in [5.41, 5.74) is 8.36. The summed E-state index contributed by atoms with van der Waals surface area (Å²) in [6.45, 7) is 2.01. The van der Waals surface area contributed by atoms with E-state index in [1.54, 1.807) is 6.07 Å². The first kappa shape index (κ1) is 11.6. The van der Waals surface area contributed by atoms with Crippen LogP contribution in [0.25, 0.3) is 22.3 Å². The number of hydrogen-bond acceptors (Lipinski definition) is 4. The number of nitrogens with two attached hydrogens (primary N) is 1. The van der Waals surface area contributed by atoms with Crippen molar-refractivity contribution in [3.8, 4) is 11.4 Å². The van der Waals surface area contributed by atoms with Gasteiger partial charge in [-0.25, -0.2) is 15.0 Å². The van der Waals surface area contributed by atoms with Crippen LogP contribution in [0.15, 0.2) is 42.5 Å². The molecule has 0 aliphatic heterocycles. The minimum Gasteiger partial charge on any atom is -0.384 e. The molecule has 0 saturated heterocycles. The number of fused-ring (bicyclic) bond motifs is 1. The van der Waals surface area contributed by atoms with E-state index in [1.807, 2.05) is 43.3 Å². The number of benzene rings is 1. The van der Waals surface area contributed by atoms with Gasteiger partial charge in [-0.2, -0.15) is 0 Å². The Morgan fingerprint density at radius 1 is 0.947 bits per heavy atom. The van der Waals surface area contributed by atoms with Crippen molar-refractivity contribution >= 4 is 16.7 Å². The third-order valence-corrected chi connectivity index (χ3v) is 2.97. The first-order chi connectivity index (χ1) is 9.26. The summed E-state index contributed by atoms with van der Waals surface area (Å²) >= 11 is 0. The number of aryl methyl sites for hydroxylation is 1. The van der Waals surface area contributed by atoms with E-state index in [1.165, 1.54) is 0 Å². The normalized spacial score (nSPS) is 10.8. The lowest BCUT2D eigenvalue weighted by Gasteiger charge is -2.05. The Kier molecular flexibility index (Phi) is 2.83. The smallest absolute Gasteiger partial charge is 0.131 e. The molecule has 94 valence electrons. The van der Waals surface area contributed by atoms with Gasteiger partial charge in [0.1, 0.15) is 11.6 Å². The van der Waals surface area contributed by atoms with Gasteiger partial charge in [0.2, 0.25) is 0 Å². The third-order valence-electron chi connectivity index (χ3n) is 2.97. The molecule has 0 radical (unpaired) electrons. The number of nitrogen functional groups attached to an aromatic ring is 1. The number of hydrogen-bond donors (Lipinski definition) is 1. The molecule has 2 aromatic heterocycles. The summed E-state index contributed by atoms with van der Waals surface area (Å²) in [7, 11) is 0. The highest BCUT2D eigenvalue weighted by Gasteiger charge is 2.06. The maximum absolute atomic E-state index is 5.81. The van der Waals surface area contributed by atoms with Gasteiger partial charge in [-0.15, -0.1) is 0 Å². The summed E-state index contributed by atoms with van der Waals surface area (Å²) in [4.78, 5) is 13.3. The molecule has 0 bridgehead atoms. The minimum atomic E-state index is 0.483. The first-order valence-corrected chi connectivity index (χ1v) is 6.26. The molecule has 3 aromatic rings. The summed E-state index contributed by atoms with van der Waals surface area (Å²) < 4.78 is 0. The summed E-state index contributed by atoms with van der Waals surface area (Å²) in [5, 5.41) is 1.11. The SMILES string of the molecule is CCc1nc(N)cc(-c2ccc3ccccc3n2)n1. The van der Waals surface area contributed by atoms with Gasteiger partial charge in [0.05, 0.1) is 16.9 Å². The molecule has 3 rings (SSSR count). The van der Waals surface area contributed by atoms with E-state index < -0.39 is 0 Å². The van der Waals surface area contributed by atoms with E-state index in [4.69, 9.17) is 5.73 Å². The van der Waals surface area contributed by atoms with Gasteiger partial charge in [0.25, 0.3) is 0 Å². The molecule has 0 atom stereocenters. The van der Waals surface area contributed by atoms with Crippen molar-refractivity contribution in [3.05, 3.63) is 48.3 Å². The lowest BCUT2D eigenvalue weighted by atomic mass is 10.2. The van der Waals surface area contributed by atoms with Gasteiger partial charge in [0, 0.05) is 17.9 Å². The molecule has 4 nitrogen and oxygen atoms in total. The van der Waals surface area contributed by atoms with Crippen LogP contribution in [0.4, 0.5) is 5.82 Å². The molecule has 4 heteroatoms. The highest BCUT2D eigenvalue weighted by molar-refractivity contribution is 5.81. The van der Waals surface area contributed by atoms with Gasteiger partial charge >= 0.3 is 0 Å². The van der Waals surface area contributed by atoms with Crippen LogP contribution in [0.5, 0.6) is 0 Å². The topological polar surface area (TPSA) is 64.7 Å². The first-order valence-electron chi connectivity index (χ1n) is 6.26. The van der Waals surface area contributed by atoms with Crippen molar-refractivity contribution < 1.29 is 0 Å². The van der Waals surface area contributed by atoms with E-state index in [-0.39, 0.29) is 0 Å². The number of para-hydroxylation sites is 1. The molecular weight excluding hydrogens is 236 g/mol. The van der Waals surface area contributed by atoms with Crippen LogP contribution in [-0.2, 0) is 6.42 Å². The monoisotopic (exact) mass is 250 g/mol. The lowest BCUT2D eigenvalue weighted by molar-refractivity contribution is 0.946. The predicted octanol–water partition coefficient (Wildman–Crippen LogP) is 2.84. The molecule has 0 fully saturated rings. The number of pyridine rings is 1. The Morgan fingerprint density at radius 2 is 1.79 bits per heavy atom. The zero-order valence-electron chi connectivity index (χ0n) is 10.7. The molecule has 1 aromatic carbocycles. The zero-order valence-corrected chi connectivity index (χ0v) is 10.7. The van der Waals surface area contributed by atoms with E-state index in [0.29, 0.717) is 5.82 Å². The van der Waals surface area contributed by atoms with Crippen molar-refractivity contribution in [2.45, 2.75) is 13.3 Å². The van der Waals surface area contributed by atoms with Crippen LogP contribution in [0, 0.1) is 0 Å². The van der Waals surface area contributed by atoms with Crippen molar-refractivity contribution in [2.24, 2.45) is 0 Å². The van der Waals surface area contributed by atoms with Crippen LogP contribution in [0.3, 0.4) is 0 Å². The molecular formula is C15H14N4. The van der Waals surface area contributed by atoms with Crippen LogP contribution >= 0.6 is 0 Å². The molecule has 19 heavy (non-hydrogen) atoms. The number of anilines is 1. The number of rotatable bonds is 2. The van der Waals surface area contributed by atoms with E-state index in [2.05, 4.69) is 15.0 Å². The fourth-order valence-corrected chi connectivity index (χ4v) is 2.02. The standard InChI is InChI=1S/C15H14N4/c1-2-15-18-13(9-14(16)19-15)12-8-7-10-5-3-4-6-11(10)17-12/h3-9H,2H2,1H3,(H2,16,18,19). The van der Waals surface area contributed by atoms with E-state index in [0.717, 1.165) is 34.5 Å². The molecule has 0 saturated carbocycles. The minimum absolute atomic E-state index is 0.483. The zero-order chi connectivity index (χ0) is 13.2. The Labute approximate surface area is 111 Å². The van der Waals surface area contributed by atoms with Crippen molar-refractivity contribution in [3.63, 3.8) is 0 Å². The van der Waals surface area contributed by atoms with Crippen LogP contribution in [0.2, 0.25) is 0 Å². The molecule has 2 N–H and O–H groups in total. The second-order valence-electron chi connectivity index (χ2n) is 4.34. The quantitative estimate of drug-likeness (QED) is 0.759. The predicted molar refractivity (Wildman–Crippen MR) is 76.6 cm³/mol. The average Bonchev–Trinajstić information content (AvgIpc) is 2.46. The van der Waals surface area contributed by atoms with Crippen molar-refractivity contribution in [1.82, 2.24) is 15.0 Å². The van der Waals surface area contributed by atoms with E-state index >= 15 is 0 Å². The molecule has 0 amide bonds. The highest BCUT2D eigenvalue weighted by Crippen LogP contribution is 2.20. The average molecular weight is 250 g/mol. The van der Waals surface area contributed by atoms with Gasteiger partial charge in [0.15, 0.2) is 0 Å². The largest absolute Gasteiger partial charge is 0.384 e. The van der Waals surface area contributed by atoms with Crippen LogP contribution in [-0.4, -0.2) is 15.0 Å². The second-order valence-corrected chi connectivity index (χ2v) is 4.34. The maximum atomic E-state index is 5.81. The highest BCUT2D eigenvalue weighted by atomic mass is 15.0. The van der Waals surface area contributed by atoms with Crippen molar-refractivity contribution in [2.75, 3.05) is 5.73 Å². The molecule has 0 unspecified atom stereocenters. The Hall–Kier alpha value is -2.49. The van der Waals surface area contributed by atoms with E-state index in [9.17, 15) is 0 Å². The van der Waals surface area contributed by atoms with Gasteiger partial charge in [-0.3, -0.25) is 0 Å². The molecule has 0 aliphatic carbocycles. The Morgan fingerprint density at radius 3 is 2.63 bits per heavy atom.